The minimum atomic E-state index is 0.150. The Morgan fingerprint density at radius 1 is 1.06 bits per heavy atom. The Morgan fingerprint density at radius 2 is 1.83 bits per heavy atom. The lowest BCUT2D eigenvalue weighted by Gasteiger charge is -2.37. The van der Waals surface area contributed by atoms with E-state index < -0.39 is 0 Å². The molecule has 0 unspecified atom stereocenters. The van der Waals surface area contributed by atoms with Crippen molar-refractivity contribution in [3.8, 4) is 5.75 Å². The van der Waals surface area contributed by atoms with Crippen LogP contribution >= 0.6 is 0 Å². The van der Waals surface area contributed by atoms with E-state index in [1.807, 2.05) is 29.2 Å². The average molecular weight is 478 g/mol. The molecule has 0 radical (unpaired) electrons. The van der Waals surface area contributed by atoms with Crippen LogP contribution in [0.15, 0.2) is 24.3 Å². The van der Waals surface area contributed by atoms with Crippen LogP contribution in [-0.4, -0.2) is 60.6 Å². The number of amides is 1. The highest BCUT2D eigenvalue weighted by atomic mass is 16.5. The molecule has 0 bridgehead atoms. The molecule has 1 saturated carbocycles. The highest BCUT2D eigenvalue weighted by Gasteiger charge is 2.30. The van der Waals surface area contributed by atoms with Crippen molar-refractivity contribution in [3.63, 3.8) is 0 Å². The molecule has 0 N–H and O–H groups in total. The summed E-state index contributed by atoms with van der Waals surface area (Å²) >= 11 is 0. The van der Waals surface area contributed by atoms with Crippen LogP contribution in [0, 0.1) is 0 Å². The summed E-state index contributed by atoms with van der Waals surface area (Å²) in [7, 11) is 3.83. The van der Waals surface area contributed by atoms with Gasteiger partial charge in [0.1, 0.15) is 11.6 Å². The number of hydrogen-bond donors (Lipinski definition) is 0. The van der Waals surface area contributed by atoms with Crippen molar-refractivity contribution in [1.82, 2.24) is 14.9 Å². The van der Waals surface area contributed by atoms with Gasteiger partial charge in [0.25, 0.3) is 0 Å². The molecule has 1 aromatic heterocycles. The van der Waals surface area contributed by atoms with Crippen LogP contribution in [0.5, 0.6) is 5.75 Å². The predicted molar refractivity (Wildman–Crippen MR) is 139 cm³/mol. The molecule has 1 amide bonds. The fourth-order valence-corrected chi connectivity index (χ4v) is 5.82. The number of rotatable bonds is 6. The summed E-state index contributed by atoms with van der Waals surface area (Å²) in [6.45, 7) is 3.37. The van der Waals surface area contributed by atoms with E-state index in [2.05, 4.69) is 16.8 Å². The molecule has 2 aromatic rings. The molecule has 3 heterocycles. The summed E-state index contributed by atoms with van der Waals surface area (Å²) in [5, 5.41) is 0. The van der Waals surface area contributed by atoms with Crippen molar-refractivity contribution in [2.75, 3.05) is 43.6 Å². The van der Waals surface area contributed by atoms with E-state index in [9.17, 15) is 4.79 Å². The number of fused-ring (bicyclic) bond motifs is 1. The Bertz CT molecular complexity index is 1030. The maximum atomic E-state index is 13.3. The van der Waals surface area contributed by atoms with Gasteiger partial charge in [-0.05, 0) is 49.8 Å². The molecule has 7 nitrogen and oxygen atoms in total. The molecule has 5 rings (SSSR count). The van der Waals surface area contributed by atoms with Crippen LogP contribution < -0.4 is 14.5 Å². The molecule has 2 aliphatic heterocycles. The zero-order valence-electron chi connectivity index (χ0n) is 21.3. The smallest absolute Gasteiger partial charge is 0.227 e. The molecule has 35 heavy (non-hydrogen) atoms. The second-order valence-corrected chi connectivity index (χ2v) is 10.3. The summed E-state index contributed by atoms with van der Waals surface area (Å²) in [6, 6.07) is 8.33. The highest BCUT2D eigenvalue weighted by Crippen LogP contribution is 2.32. The molecular formula is C28H39N5O2. The maximum absolute atomic E-state index is 13.3. The number of benzene rings is 1. The summed E-state index contributed by atoms with van der Waals surface area (Å²) in [6.07, 6.45) is 11.2. The Kier molecular flexibility index (Phi) is 7.40. The third-order valence-electron chi connectivity index (χ3n) is 7.96. The Labute approximate surface area is 209 Å². The van der Waals surface area contributed by atoms with E-state index in [1.54, 1.807) is 7.11 Å². The van der Waals surface area contributed by atoms with Gasteiger partial charge in [0, 0.05) is 44.7 Å². The normalized spacial score (nSPS) is 18.8. The van der Waals surface area contributed by atoms with Crippen LogP contribution in [0.4, 0.5) is 11.8 Å². The third-order valence-corrected chi connectivity index (χ3v) is 7.96. The van der Waals surface area contributed by atoms with Crippen molar-refractivity contribution in [1.29, 1.82) is 0 Å². The van der Waals surface area contributed by atoms with Crippen molar-refractivity contribution < 1.29 is 9.53 Å². The van der Waals surface area contributed by atoms with Gasteiger partial charge in [0.2, 0.25) is 11.9 Å². The molecule has 3 aliphatic rings. The monoisotopic (exact) mass is 477 g/mol. The van der Waals surface area contributed by atoms with Gasteiger partial charge in [-0.1, -0.05) is 31.4 Å². The Morgan fingerprint density at radius 3 is 2.60 bits per heavy atom. The van der Waals surface area contributed by atoms with Gasteiger partial charge in [-0.2, -0.15) is 4.98 Å². The SMILES string of the molecule is COc1cccc(CC(=O)N2CCc3nc(N(C)C4CCCCC4)nc(N4CCCCC4)c3C2)c1. The summed E-state index contributed by atoms with van der Waals surface area (Å²) in [5.74, 6) is 2.87. The van der Waals surface area contributed by atoms with Gasteiger partial charge in [0.15, 0.2) is 0 Å². The van der Waals surface area contributed by atoms with Crippen molar-refractivity contribution >= 4 is 17.7 Å². The molecule has 7 heteroatoms. The average Bonchev–Trinajstić information content (AvgIpc) is 2.92. The number of carbonyl (C=O) groups excluding carboxylic acids is 1. The fraction of sp³-hybridized carbons (Fsp3) is 0.607. The van der Waals surface area contributed by atoms with Crippen molar-refractivity contribution in [3.05, 3.63) is 41.1 Å². The number of carbonyl (C=O) groups is 1. The van der Waals surface area contributed by atoms with Gasteiger partial charge < -0.3 is 19.4 Å². The minimum absolute atomic E-state index is 0.150. The number of nitrogens with zero attached hydrogens (tertiary/aromatic N) is 5. The van der Waals surface area contributed by atoms with Crippen LogP contribution in [0.3, 0.4) is 0 Å². The number of anilines is 2. The molecular weight excluding hydrogens is 438 g/mol. The molecule has 1 aliphatic carbocycles. The largest absolute Gasteiger partial charge is 0.497 e. The molecule has 2 fully saturated rings. The summed E-state index contributed by atoms with van der Waals surface area (Å²) < 4.78 is 5.33. The Hall–Kier alpha value is -2.83. The first-order valence-corrected chi connectivity index (χ1v) is 13.4. The third kappa shape index (κ3) is 5.39. The van der Waals surface area contributed by atoms with E-state index >= 15 is 0 Å². The van der Waals surface area contributed by atoms with Gasteiger partial charge >= 0.3 is 0 Å². The lowest BCUT2D eigenvalue weighted by molar-refractivity contribution is -0.131. The van der Waals surface area contributed by atoms with E-state index in [4.69, 9.17) is 14.7 Å². The number of piperidine rings is 1. The number of ether oxygens (including phenoxy) is 1. The lowest BCUT2D eigenvalue weighted by Crippen LogP contribution is -2.41. The second-order valence-electron chi connectivity index (χ2n) is 10.3. The summed E-state index contributed by atoms with van der Waals surface area (Å²) in [5.41, 5.74) is 3.26. The molecule has 1 saturated heterocycles. The topological polar surface area (TPSA) is 61.8 Å². The van der Waals surface area contributed by atoms with E-state index in [-0.39, 0.29) is 5.91 Å². The van der Waals surface area contributed by atoms with Gasteiger partial charge in [-0.25, -0.2) is 4.98 Å². The van der Waals surface area contributed by atoms with E-state index in [1.165, 1.54) is 51.4 Å². The Balaban J connectivity index is 1.39. The van der Waals surface area contributed by atoms with Gasteiger partial charge in [-0.3, -0.25) is 4.79 Å². The number of aromatic nitrogens is 2. The van der Waals surface area contributed by atoms with E-state index in [0.29, 0.717) is 25.6 Å². The van der Waals surface area contributed by atoms with Crippen LogP contribution in [-0.2, 0) is 24.2 Å². The molecule has 1 aromatic carbocycles. The maximum Gasteiger partial charge on any atom is 0.227 e. The quantitative estimate of drug-likeness (QED) is 0.616. The van der Waals surface area contributed by atoms with Crippen molar-refractivity contribution in [2.24, 2.45) is 0 Å². The fourth-order valence-electron chi connectivity index (χ4n) is 5.82. The van der Waals surface area contributed by atoms with Gasteiger partial charge in [-0.15, -0.1) is 0 Å². The van der Waals surface area contributed by atoms with Gasteiger partial charge in [0.05, 0.1) is 25.8 Å². The minimum Gasteiger partial charge on any atom is -0.497 e. The zero-order valence-corrected chi connectivity index (χ0v) is 21.3. The first-order valence-electron chi connectivity index (χ1n) is 13.4. The number of methoxy groups -OCH3 is 1. The van der Waals surface area contributed by atoms with Crippen LogP contribution in [0.25, 0.3) is 0 Å². The lowest BCUT2D eigenvalue weighted by atomic mass is 9.95. The highest BCUT2D eigenvalue weighted by molar-refractivity contribution is 5.79. The number of hydrogen-bond acceptors (Lipinski definition) is 6. The first kappa shape index (κ1) is 23.9. The molecule has 0 atom stereocenters. The van der Waals surface area contributed by atoms with Crippen molar-refractivity contribution in [2.45, 2.75) is 76.8 Å². The second kappa shape index (κ2) is 10.8. The van der Waals surface area contributed by atoms with Crippen LogP contribution in [0.2, 0.25) is 0 Å². The standard InChI is InChI=1S/C28H39N5O2/c1-31(22-11-5-3-6-12-22)28-29-25-14-17-33(26(34)19-21-10-9-13-23(18-21)35-2)20-24(25)27(30-28)32-15-7-4-8-16-32/h9-10,13,18,22H,3-8,11-12,14-17,19-20H2,1-2H3. The van der Waals surface area contributed by atoms with E-state index in [0.717, 1.165) is 53.8 Å². The zero-order chi connectivity index (χ0) is 24.2. The van der Waals surface area contributed by atoms with Crippen LogP contribution in [0.1, 0.15) is 68.2 Å². The molecule has 188 valence electrons. The predicted octanol–water partition coefficient (Wildman–Crippen LogP) is 4.37. The first-order chi connectivity index (χ1) is 17.1. The summed E-state index contributed by atoms with van der Waals surface area (Å²) in [4.78, 5) is 30.3. The molecule has 0 spiro atoms.